The molecule has 0 aromatic heterocycles. The van der Waals surface area contributed by atoms with Gasteiger partial charge in [-0.3, -0.25) is 9.35 Å². The van der Waals surface area contributed by atoms with E-state index in [4.69, 9.17) is 40.7 Å². The molecule has 0 spiro atoms. The molecular weight excluding hydrogens is 902 g/mol. The van der Waals surface area contributed by atoms with Crippen molar-refractivity contribution in [2.24, 2.45) is 21.6 Å². The summed E-state index contributed by atoms with van der Waals surface area (Å²) < 4.78 is 30.6. The highest BCUT2D eigenvalue weighted by Crippen LogP contribution is 2.26. The fourth-order valence-corrected chi connectivity index (χ4v) is 0.832. The number of aliphatic imine (C=N–C) groups is 2. The number of carboxylic acid groups (broad SMARTS) is 1. The summed E-state index contributed by atoms with van der Waals surface area (Å²) in [6.07, 6.45) is 29.0. The standard InChI is InChI=1S/C6H12.2C5H10.3C4H8.C3H5Cl.C3H6O.2C3H6.C2H3NO.C2H3NS.C2H4O2.CH5N.CH4O3S.CH4O.CH4S/c1-3-5-6-4-2;1-4-5(2)3;1-3-5-4-2;1-4-2-3-4;1-4(2)3;1-3-4-2;1-3(2)4;1-3-2-4-3;2*1-3-2;2*1-3-2-4;1-2(3)4;1-2;1-5(2,3)4;2*1-2/h3,5H,4,6H2,1-2H3;4H,1-3H3;3,5H,4H2,1-2H3;4H,2-3H2,1H3;1H2,2-3H3;3-4H,1-2H3;1H2,2H3;3H,2H2,1H3;2*3H,1H2,2H3;2*1H3;1H3,(H,3,4);2H2,1H3;1H3,(H,2,3,4);2*2H,1H3/b5-3+;;5-3+;;;4-3+;;;;;;;;;;;. The van der Waals surface area contributed by atoms with Crippen LogP contribution in [-0.2, 0) is 24.4 Å². The van der Waals surface area contributed by atoms with Gasteiger partial charge in [0.2, 0.25) is 6.08 Å². The Balaban J connectivity index is -0.0000000317. The number of aliphatic carboxylic acids is 1. The van der Waals surface area contributed by atoms with Crippen LogP contribution in [0.3, 0.4) is 0 Å². The van der Waals surface area contributed by atoms with Crippen LogP contribution in [0.25, 0.3) is 0 Å². The van der Waals surface area contributed by atoms with Gasteiger partial charge in [0.15, 0.2) is 0 Å². The molecule has 2 aliphatic rings. The molecule has 5 N–H and O–H groups in total. The average Bonchev–Trinajstić information content (AvgIpc) is 4.19. The number of hydrogen-bond donors (Lipinski definition) is 5. The van der Waals surface area contributed by atoms with Crippen molar-refractivity contribution in [3.05, 3.63) is 97.2 Å². The number of rotatable bonds is 3. The Morgan fingerprint density at radius 2 is 1.03 bits per heavy atom. The first kappa shape index (κ1) is 104. The van der Waals surface area contributed by atoms with E-state index in [1.165, 1.54) is 57.0 Å². The summed E-state index contributed by atoms with van der Waals surface area (Å²) in [6.45, 7) is 48.1. The van der Waals surface area contributed by atoms with Crippen molar-refractivity contribution in [2.75, 3.05) is 47.4 Å². The van der Waals surface area contributed by atoms with Crippen molar-refractivity contribution in [1.82, 2.24) is 0 Å². The molecule has 0 aromatic rings. The first-order chi connectivity index (χ1) is 30.2. The topological polar surface area (TPSA) is 192 Å². The van der Waals surface area contributed by atoms with E-state index < -0.39 is 16.1 Å². The third-order valence-electron chi connectivity index (χ3n) is 3.62. The van der Waals surface area contributed by atoms with Crippen molar-refractivity contribution >= 4 is 63.8 Å². The maximum atomic E-state index is 9.19. The highest BCUT2D eigenvalue weighted by molar-refractivity contribution is 7.85. The van der Waals surface area contributed by atoms with E-state index in [-0.39, 0.29) is 0 Å². The van der Waals surface area contributed by atoms with E-state index in [9.17, 15) is 8.42 Å². The van der Waals surface area contributed by atoms with Gasteiger partial charge in [-0.15, -0.1) is 19.7 Å². The van der Waals surface area contributed by atoms with Gasteiger partial charge in [-0.2, -0.15) is 21.0 Å². The molecule has 0 amide bonds. The highest BCUT2D eigenvalue weighted by atomic mass is 35.5. The maximum absolute atomic E-state index is 9.19. The summed E-state index contributed by atoms with van der Waals surface area (Å²) in [7, 11) is 1.81. The Morgan fingerprint density at radius 3 is 1.05 bits per heavy atom. The smallest absolute Gasteiger partial charge is 0.300 e. The van der Waals surface area contributed by atoms with Crippen molar-refractivity contribution < 1.29 is 37.5 Å². The molecule has 2 fully saturated rings. The Bertz CT molecular complexity index is 1080. The lowest BCUT2D eigenvalue weighted by Gasteiger charge is -1.76. The summed E-state index contributed by atoms with van der Waals surface area (Å²) in [6, 6.07) is 0. The number of aliphatic hydroxyl groups is 1. The molecule has 1 saturated heterocycles. The van der Waals surface area contributed by atoms with Crippen LogP contribution >= 0.6 is 36.4 Å². The Kier molecular flexibility index (Phi) is 210. The summed E-state index contributed by atoms with van der Waals surface area (Å²) in [5, 5.41) is 17.2. The lowest BCUT2D eigenvalue weighted by molar-refractivity contribution is -0.134. The number of carbonyl (C=O) groups excluding carboxylic acids is 1. The van der Waals surface area contributed by atoms with Crippen LogP contribution in [0, 0.1) is 5.92 Å². The second kappa shape index (κ2) is 131. The van der Waals surface area contributed by atoms with Gasteiger partial charge in [0.05, 0.1) is 24.1 Å². The predicted molar refractivity (Wildman–Crippen MR) is 306 cm³/mol. The second-order valence-electron chi connectivity index (χ2n) is 11.8. The number of ether oxygens (including phenoxy) is 1. The number of isocyanates is 1. The molecule has 1 unspecified atom stereocenters. The molecule has 1 saturated carbocycles. The number of aliphatic hydroxyl groups excluding tert-OH is 1. The van der Waals surface area contributed by atoms with Crippen LogP contribution in [0.2, 0.25) is 0 Å². The van der Waals surface area contributed by atoms with Crippen LogP contribution in [0.5, 0.6) is 0 Å². The van der Waals surface area contributed by atoms with Crippen LogP contribution in [-0.4, -0.2) is 93.9 Å². The molecule has 11 nitrogen and oxygen atoms in total. The summed E-state index contributed by atoms with van der Waals surface area (Å²) >= 11 is 12.7. The number of halogens is 1. The highest BCUT2D eigenvalue weighted by Gasteiger charge is 2.13. The summed E-state index contributed by atoms with van der Waals surface area (Å²) in [5.41, 5.74) is 7.05. The molecule has 0 aromatic carbocycles. The molecular formula is C50H106ClN3O8S3. The lowest BCUT2D eigenvalue weighted by Crippen LogP contribution is -1.88. The van der Waals surface area contributed by atoms with Crippen LogP contribution < -0.4 is 5.73 Å². The van der Waals surface area contributed by atoms with Crippen LogP contribution in [0.15, 0.2) is 107 Å². The molecule has 2 rings (SSSR count). The van der Waals surface area contributed by atoms with Gasteiger partial charge in [-0.25, -0.2) is 14.8 Å². The minimum Gasteiger partial charge on any atom is -0.481 e. The number of nitrogens with two attached hydrogens (primary N) is 1. The van der Waals surface area contributed by atoms with Crippen molar-refractivity contribution in [3.8, 4) is 0 Å². The van der Waals surface area contributed by atoms with Gasteiger partial charge in [-0.05, 0) is 134 Å². The zero-order chi connectivity index (χ0) is 56.1. The predicted octanol–water partition coefficient (Wildman–Crippen LogP) is 15.4. The number of hydrogen-bond acceptors (Lipinski definition) is 11. The second-order valence-corrected chi connectivity index (χ2v) is 14.1. The zero-order valence-electron chi connectivity index (χ0n) is 45.9. The van der Waals surface area contributed by atoms with E-state index in [1.807, 2.05) is 67.5 Å². The Hall–Kier alpha value is -3.00. The number of unbranched alkanes of at least 4 members (excludes halogenated alkanes) is 1. The van der Waals surface area contributed by atoms with E-state index >= 15 is 0 Å². The first-order valence-electron chi connectivity index (χ1n) is 20.8. The fraction of sp³-hybridized carbons (Fsp3) is 0.620. The van der Waals surface area contributed by atoms with Crippen molar-refractivity contribution in [1.29, 1.82) is 0 Å². The van der Waals surface area contributed by atoms with Gasteiger partial charge in [0.1, 0.15) is 0 Å². The summed E-state index contributed by atoms with van der Waals surface area (Å²) in [5.74, 6) is 0.250. The SMILES string of the molecule is C/C=C/C.C/C=C/CC.C/C=C/CCC.C=C(C)C.C=C(C)Cl.C=CC.C=CC.CC(=O)O.CC1CC1.CC1CO1.CC=C(C)C.CN.CN=C=O.CN=C=S.CO.CS.CS(=O)(=O)O. The number of nitrogens with zero attached hydrogens (tertiary/aromatic N) is 2. The van der Waals surface area contributed by atoms with E-state index in [2.05, 4.69) is 151 Å². The Morgan fingerprint density at radius 1 is 0.846 bits per heavy atom. The molecule has 0 radical (unpaired) electrons. The molecule has 65 heavy (non-hydrogen) atoms. The molecule has 1 atom stereocenters. The van der Waals surface area contributed by atoms with E-state index in [1.54, 1.807) is 32.4 Å². The summed E-state index contributed by atoms with van der Waals surface area (Å²) in [4.78, 5) is 24.1. The number of thiocarbonyl (C=S) groups is 1. The lowest BCUT2D eigenvalue weighted by atomic mass is 10.3. The zero-order valence-corrected chi connectivity index (χ0v) is 49.2. The number of thiol groups is 1. The van der Waals surface area contributed by atoms with Crippen molar-refractivity contribution in [2.45, 2.75) is 156 Å². The normalized spacial score (nSPS) is 10.2. The van der Waals surface area contributed by atoms with Gasteiger partial charge < -0.3 is 20.7 Å². The Labute approximate surface area is 421 Å². The third-order valence-corrected chi connectivity index (χ3v) is 3.80. The molecule has 15 heteroatoms. The van der Waals surface area contributed by atoms with Crippen molar-refractivity contribution in [3.63, 3.8) is 0 Å². The average molecular weight is 1010 g/mol. The van der Waals surface area contributed by atoms with Gasteiger partial charge in [0.25, 0.3) is 16.1 Å². The number of allylic oxidation sites excluding steroid dienone is 12. The van der Waals surface area contributed by atoms with Crippen LogP contribution in [0.4, 0.5) is 0 Å². The number of epoxide rings is 1. The molecule has 1 aliphatic carbocycles. The third kappa shape index (κ3) is 1260. The maximum Gasteiger partial charge on any atom is 0.300 e. The first-order valence-corrected chi connectivity index (χ1v) is 24.3. The van der Waals surface area contributed by atoms with Gasteiger partial charge >= 0.3 is 0 Å². The quantitative estimate of drug-likeness (QED) is 0.0346. The molecule has 0 bridgehead atoms. The minimum atomic E-state index is -3.67. The van der Waals surface area contributed by atoms with Crippen LogP contribution in [0.1, 0.15) is 150 Å². The number of carboxylic acids is 1. The monoisotopic (exact) mass is 1010 g/mol. The number of carbonyl (C=O) groups is 1. The fourth-order valence-electron chi connectivity index (χ4n) is 0.832. The largest absolute Gasteiger partial charge is 0.481 e. The molecule has 1 heterocycles. The van der Waals surface area contributed by atoms with E-state index in [0.29, 0.717) is 17.4 Å². The van der Waals surface area contributed by atoms with E-state index in [0.717, 1.165) is 33.0 Å². The van der Waals surface area contributed by atoms with Gasteiger partial charge in [0, 0.05) is 33.2 Å². The number of isothiocyanates is 1. The van der Waals surface area contributed by atoms with Gasteiger partial charge in [-0.1, -0.05) is 124 Å². The molecule has 1 aliphatic heterocycles. The molecule has 394 valence electrons. The minimum absolute atomic E-state index is 0.583.